The molecule has 3 rings (SSSR count). The van der Waals surface area contributed by atoms with Crippen LogP contribution in [0, 0.1) is 32.0 Å². The van der Waals surface area contributed by atoms with Gasteiger partial charge in [-0.05, 0) is 37.1 Å². The summed E-state index contributed by atoms with van der Waals surface area (Å²) in [6.45, 7) is 0. The maximum Gasteiger partial charge on any atom is 0.318 e. The van der Waals surface area contributed by atoms with Gasteiger partial charge in [-0.2, -0.15) is 0 Å². The summed E-state index contributed by atoms with van der Waals surface area (Å²) in [5.74, 6) is -1.34. The van der Waals surface area contributed by atoms with Crippen LogP contribution in [0.5, 0.6) is 11.5 Å². The number of halogens is 1. The van der Waals surface area contributed by atoms with E-state index in [9.17, 15) is 29.4 Å². The van der Waals surface area contributed by atoms with Crippen molar-refractivity contribution in [3.8, 4) is 11.5 Å². The predicted octanol–water partition coefficient (Wildman–Crippen LogP) is 4.95. The molecule has 0 aliphatic heterocycles. The first-order valence-electron chi connectivity index (χ1n) is 9.06. The van der Waals surface area contributed by atoms with Crippen LogP contribution in [0.3, 0.4) is 0 Å². The van der Waals surface area contributed by atoms with Crippen LogP contribution in [0.1, 0.15) is 32.1 Å². The van der Waals surface area contributed by atoms with Crippen molar-refractivity contribution in [1.82, 2.24) is 0 Å². The molecular weight excluding hydrogens is 385 g/mol. The molecule has 1 amide bonds. The molecule has 0 bridgehead atoms. The summed E-state index contributed by atoms with van der Waals surface area (Å²) in [5, 5.41) is 25.3. The molecule has 2 aromatic rings. The number of hydrogen-bond donors (Lipinski definition) is 1. The normalized spacial score (nSPS) is 14.2. The molecule has 9 nitrogen and oxygen atoms in total. The molecule has 0 saturated heterocycles. The first-order chi connectivity index (χ1) is 13.8. The Bertz CT molecular complexity index is 942. The lowest BCUT2D eigenvalue weighted by molar-refractivity contribution is -0.394. The van der Waals surface area contributed by atoms with Crippen molar-refractivity contribution in [3.05, 3.63) is 62.4 Å². The summed E-state index contributed by atoms with van der Waals surface area (Å²) in [4.78, 5) is 33.7. The van der Waals surface area contributed by atoms with Gasteiger partial charge in [-0.3, -0.25) is 25.0 Å². The SMILES string of the molecule is O=C(Nc1cc(Oc2ccc(F)cc2)c([N+](=O)[O-])cc1[N+](=O)[O-])C1CCCCC1. The van der Waals surface area contributed by atoms with Gasteiger partial charge in [0.25, 0.3) is 5.69 Å². The molecule has 29 heavy (non-hydrogen) atoms. The molecule has 1 aliphatic carbocycles. The van der Waals surface area contributed by atoms with E-state index < -0.39 is 27.0 Å². The van der Waals surface area contributed by atoms with Crippen molar-refractivity contribution >= 4 is 23.0 Å². The molecule has 1 fully saturated rings. The van der Waals surface area contributed by atoms with Crippen LogP contribution in [0.25, 0.3) is 0 Å². The van der Waals surface area contributed by atoms with Gasteiger partial charge >= 0.3 is 5.69 Å². The van der Waals surface area contributed by atoms with Gasteiger partial charge in [0.2, 0.25) is 11.7 Å². The smallest absolute Gasteiger partial charge is 0.318 e. The standard InChI is InChI=1S/C19H18FN3O6/c20-13-6-8-14(9-7-13)29-18-10-15(16(22(25)26)11-17(18)23(27)28)21-19(24)12-4-2-1-3-5-12/h6-12H,1-5H2,(H,21,24). The number of anilines is 1. The molecule has 0 aromatic heterocycles. The number of nitrogens with zero attached hydrogens (tertiary/aromatic N) is 2. The lowest BCUT2D eigenvalue weighted by atomic mass is 9.88. The second kappa shape index (κ2) is 8.63. The average molecular weight is 403 g/mol. The van der Waals surface area contributed by atoms with E-state index in [4.69, 9.17) is 4.74 Å². The molecule has 0 unspecified atom stereocenters. The molecule has 0 radical (unpaired) electrons. The Labute approximate surface area is 164 Å². The number of hydrogen-bond acceptors (Lipinski definition) is 6. The molecule has 2 aromatic carbocycles. The number of nitro groups is 2. The van der Waals surface area contributed by atoms with E-state index in [1.807, 2.05) is 0 Å². The zero-order valence-electron chi connectivity index (χ0n) is 15.3. The topological polar surface area (TPSA) is 125 Å². The zero-order chi connectivity index (χ0) is 21.0. The van der Waals surface area contributed by atoms with Gasteiger partial charge in [0.05, 0.1) is 9.85 Å². The summed E-state index contributed by atoms with van der Waals surface area (Å²) < 4.78 is 18.5. The molecular formula is C19H18FN3O6. The van der Waals surface area contributed by atoms with E-state index in [1.54, 1.807) is 0 Å². The fourth-order valence-electron chi connectivity index (χ4n) is 3.26. The minimum absolute atomic E-state index is 0.105. The first kappa shape index (κ1) is 20.2. The number of nitro benzene ring substituents is 2. The summed E-state index contributed by atoms with van der Waals surface area (Å²) in [6.07, 6.45) is 4.22. The Morgan fingerprint density at radius 1 is 1.00 bits per heavy atom. The number of amides is 1. The van der Waals surface area contributed by atoms with Gasteiger partial charge in [0, 0.05) is 12.0 Å². The third-order valence-electron chi connectivity index (χ3n) is 4.75. The third kappa shape index (κ3) is 4.84. The van der Waals surface area contributed by atoms with Gasteiger partial charge in [-0.15, -0.1) is 0 Å². The van der Waals surface area contributed by atoms with E-state index in [1.165, 1.54) is 12.1 Å². The predicted molar refractivity (Wildman–Crippen MR) is 101 cm³/mol. The lowest BCUT2D eigenvalue weighted by Crippen LogP contribution is -2.25. The summed E-state index contributed by atoms with van der Waals surface area (Å²) in [6, 6.07) is 6.55. The fourth-order valence-corrected chi connectivity index (χ4v) is 3.26. The average Bonchev–Trinajstić information content (AvgIpc) is 2.70. The minimum atomic E-state index is -0.821. The van der Waals surface area contributed by atoms with Crippen LogP contribution in [0.15, 0.2) is 36.4 Å². The monoisotopic (exact) mass is 403 g/mol. The van der Waals surface area contributed by atoms with Gasteiger partial charge < -0.3 is 10.1 Å². The van der Waals surface area contributed by atoms with Gasteiger partial charge in [-0.25, -0.2) is 4.39 Å². The van der Waals surface area contributed by atoms with E-state index in [-0.39, 0.29) is 29.0 Å². The Balaban J connectivity index is 1.96. The molecule has 1 saturated carbocycles. The summed E-state index contributed by atoms with van der Waals surface area (Å²) in [5.41, 5.74) is -1.43. The van der Waals surface area contributed by atoms with Crippen molar-refractivity contribution < 1.29 is 23.8 Å². The lowest BCUT2D eigenvalue weighted by Gasteiger charge is -2.20. The highest BCUT2D eigenvalue weighted by atomic mass is 19.1. The van der Waals surface area contributed by atoms with Crippen molar-refractivity contribution in [3.63, 3.8) is 0 Å². The fraction of sp³-hybridized carbons (Fsp3) is 0.316. The van der Waals surface area contributed by atoms with Gasteiger partial charge in [-0.1, -0.05) is 19.3 Å². The molecule has 0 spiro atoms. The van der Waals surface area contributed by atoms with Crippen LogP contribution in [0.2, 0.25) is 0 Å². The quantitative estimate of drug-likeness (QED) is 0.537. The van der Waals surface area contributed by atoms with Gasteiger partial charge in [0.15, 0.2) is 0 Å². The largest absolute Gasteiger partial charge is 0.450 e. The molecule has 1 N–H and O–H groups in total. The van der Waals surface area contributed by atoms with Crippen LogP contribution in [-0.2, 0) is 4.79 Å². The molecule has 152 valence electrons. The number of carbonyl (C=O) groups is 1. The van der Waals surface area contributed by atoms with Crippen molar-refractivity contribution in [2.24, 2.45) is 5.92 Å². The Morgan fingerprint density at radius 2 is 1.62 bits per heavy atom. The molecule has 0 atom stereocenters. The highest BCUT2D eigenvalue weighted by Crippen LogP contribution is 2.40. The number of benzene rings is 2. The highest BCUT2D eigenvalue weighted by molar-refractivity contribution is 5.95. The van der Waals surface area contributed by atoms with Crippen LogP contribution in [0.4, 0.5) is 21.5 Å². The third-order valence-corrected chi connectivity index (χ3v) is 4.75. The van der Waals surface area contributed by atoms with E-state index in [0.29, 0.717) is 12.8 Å². The Hall–Kier alpha value is -3.56. The Morgan fingerprint density at radius 3 is 2.21 bits per heavy atom. The van der Waals surface area contributed by atoms with Crippen molar-refractivity contribution in [2.45, 2.75) is 32.1 Å². The van der Waals surface area contributed by atoms with E-state index >= 15 is 0 Å². The van der Waals surface area contributed by atoms with E-state index in [0.717, 1.165) is 43.5 Å². The minimum Gasteiger partial charge on any atom is -0.450 e. The van der Waals surface area contributed by atoms with Crippen molar-refractivity contribution in [1.29, 1.82) is 0 Å². The Kier molecular flexibility index (Phi) is 6.01. The maximum absolute atomic E-state index is 13.1. The van der Waals surface area contributed by atoms with Crippen molar-refractivity contribution in [2.75, 3.05) is 5.32 Å². The number of rotatable bonds is 6. The molecule has 1 aliphatic rings. The van der Waals surface area contributed by atoms with Crippen LogP contribution in [-0.4, -0.2) is 15.8 Å². The summed E-state index contributed by atoms with van der Waals surface area (Å²) >= 11 is 0. The zero-order valence-corrected chi connectivity index (χ0v) is 15.3. The highest BCUT2D eigenvalue weighted by Gasteiger charge is 2.29. The number of nitrogens with one attached hydrogen (secondary N) is 1. The second-order valence-electron chi connectivity index (χ2n) is 6.73. The van der Waals surface area contributed by atoms with Crippen LogP contribution < -0.4 is 10.1 Å². The first-order valence-corrected chi connectivity index (χ1v) is 9.06. The number of ether oxygens (including phenoxy) is 1. The molecule has 10 heteroatoms. The maximum atomic E-state index is 13.1. The summed E-state index contributed by atoms with van der Waals surface area (Å²) in [7, 11) is 0. The molecule has 0 heterocycles. The van der Waals surface area contributed by atoms with Crippen LogP contribution >= 0.6 is 0 Å². The second-order valence-corrected chi connectivity index (χ2v) is 6.73. The number of carbonyl (C=O) groups excluding carboxylic acids is 1. The van der Waals surface area contributed by atoms with E-state index in [2.05, 4.69) is 5.32 Å². The van der Waals surface area contributed by atoms with Gasteiger partial charge in [0.1, 0.15) is 23.3 Å².